The summed E-state index contributed by atoms with van der Waals surface area (Å²) in [7, 11) is 0. The van der Waals surface area contributed by atoms with E-state index in [1.165, 1.54) is 0 Å². The van der Waals surface area contributed by atoms with Gasteiger partial charge in [-0.15, -0.1) is 0 Å². The van der Waals surface area contributed by atoms with Crippen molar-refractivity contribution >= 4 is 89.0 Å². The van der Waals surface area contributed by atoms with Gasteiger partial charge in [-0.1, -0.05) is 12.8 Å². The Bertz CT molecular complexity index is 2170. The minimum Gasteiger partial charge on any atom is -0.480 e. The van der Waals surface area contributed by atoms with Gasteiger partial charge in [0.05, 0.1) is 85.6 Å². The molecule has 1 heterocycles. The maximum Gasteiger partial charge on any atom is 3.00 e. The summed E-state index contributed by atoms with van der Waals surface area (Å²) in [4.78, 5) is 185. The second-order valence-corrected chi connectivity index (χ2v) is 21.1. The van der Waals surface area contributed by atoms with Crippen molar-refractivity contribution in [1.29, 1.82) is 0 Å². The summed E-state index contributed by atoms with van der Waals surface area (Å²) in [6, 6.07) is -4.34. The molecule has 92 heavy (non-hydrogen) atoms. The summed E-state index contributed by atoms with van der Waals surface area (Å²) < 4.78 is 30.6. The van der Waals surface area contributed by atoms with Crippen LogP contribution < -0.4 is 16.0 Å². The molecule has 0 aliphatic carbocycles. The summed E-state index contributed by atoms with van der Waals surface area (Å²) in [5, 5.41) is 92.0. The van der Waals surface area contributed by atoms with Gasteiger partial charge in [-0.25, -0.2) is 0 Å². The fraction of sp³-hybridized carbons (Fsp3) is 0.722. The Morgan fingerprint density at radius 1 is 0.478 bits per heavy atom. The van der Waals surface area contributed by atoms with E-state index in [2.05, 4.69) is 16.0 Å². The standard InChI is InChI=1S/C54H84FN7O27.3Ni/c55-18-8-9-35-25-43(67)62(50(35)80)21-14-42(66)58-54(32-87-22-15-36(63)10-2-1-3-11-37(51(81)82)59(26-44(68)69)27-45(70)71,33-88-23-16-40(64)56-19-6-4-12-38(52(83)84)60(28-46(72)73)29-47(74)75)34-89-24-17-41(65)57-20-7-5-13-39(53(85)86)61(30-48(76)77)31-49(78)79;;;/h35,37-39H,1-34H2,(H,56,64)(H,57,65)(H,58,66)(H,68,69)(H,70,71)(H,72,73)(H,74,75)(H,76,77)(H,78,79)(H,81,82)(H,83,84)(H,85,86);;;/q;3*+3. The molecule has 0 saturated carbocycles. The van der Waals surface area contributed by atoms with E-state index in [0.717, 1.165) is 19.6 Å². The van der Waals surface area contributed by atoms with Crippen LogP contribution in [0, 0.1) is 5.92 Å². The molecule has 525 valence electrons. The molecule has 0 aromatic rings. The number of amides is 5. The van der Waals surface area contributed by atoms with E-state index in [4.69, 9.17) is 34.6 Å². The molecular formula is C54H84FN7Ni3O27+9. The Morgan fingerprint density at radius 3 is 1.18 bits per heavy atom. The number of carboxylic acid groups (broad SMARTS) is 9. The smallest absolute Gasteiger partial charge is 0.480 e. The number of aliphatic carboxylic acids is 9. The number of alkyl halides is 1. The second kappa shape index (κ2) is 50.2. The first-order valence-corrected chi connectivity index (χ1v) is 28.7. The Labute approximate surface area is 558 Å². The van der Waals surface area contributed by atoms with E-state index < -0.39 is 185 Å². The largest absolute Gasteiger partial charge is 3.00 e. The first-order chi connectivity index (χ1) is 42.0. The molecule has 0 aromatic heterocycles. The number of Topliss-reactive ketones (excluding diaryl/α,β-unsaturated/α-hetero) is 1. The van der Waals surface area contributed by atoms with Crippen LogP contribution >= 0.6 is 0 Å². The molecule has 34 nitrogen and oxygen atoms in total. The van der Waals surface area contributed by atoms with Crippen LogP contribution in [-0.2, 0) is 136 Å². The van der Waals surface area contributed by atoms with Crippen molar-refractivity contribution in [1.82, 2.24) is 35.6 Å². The Kier molecular flexibility index (Phi) is 49.0. The number of unbranched alkanes of at least 4 members (excludes halogenated alkanes) is 4. The van der Waals surface area contributed by atoms with Crippen molar-refractivity contribution < 1.29 is 186 Å². The third-order valence-corrected chi connectivity index (χ3v) is 13.7. The molecule has 1 aliphatic heterocycles. The number of nitrogens with one attached hydrogen (secondary N) is 3. The van der Waals surface area contributed by atoms with E-state index in [1.54, 1.807) is 0 Å². The van der Waals surface area contributed by atoms with Crippen LogP contribution in [0.25, 0.3) is 0 Å². The van der Waals surface area contributed by atoms with Gasteiger partial charge in [-0.3, -0.25) is 95.9 Å². The molecule has 1 aliphatic rings. The van der Waals surface area contributed by atoms with Crippen molar-refractivity contribution in [2.24, 2.45) is 5.92 Å². The Balaban J connectivity index is -0.0000264. The number of carbonyl (C=O) groups excluding carboxylic acids is 6. The van der Waals surface area contributed by atoms with Crippen molar-refractivity contribution in [3.05, 3.63) is 0 Å². The molecule has 0 spiro atoms. The summed E-state index contributed by atoms with van der Waals surface area (Å²) in [5.41, 5.74) is -1.71. The molecule has 0 aromatic carbocycles. The molecule has 0 bridgehead atoms. The normalized spacial score (nSPS) is 14.3. The SMILES string of the molecule is O=C(O)CN(CC(=O)O)C(CCCCCC(=O)CCOCC(COCCC(=O)NCCCCC(C(=O)O)N(CC(=O)O)CC(=O)O)(COCCC(=O)NCCCCC(C(=O)O)N(CC(=O)O)CC(=O)O)NC(=O)CCN1C(=O)CC(CCCF)C1=O)C(=O)O.[Ni+3].[Ni+3].[Ni+3]. The van der Waals surface area contributed by atoms with Gasteiger partial charge < -0.3 is 76.1 Å². The molecule has 1 saturated heterocycles. The maximum absolute atomic E-state index is 13.8. The number of imide groups is 1. The predicted octanol–water partition coefficient (Wildman–Crippen LogP) is -1.57. The average molecular weight is 1460 g/mol. The summed E-state index contributed by atoms with van der Waals surface area (Å²) in [6.07, 6.45) is -0.379. The molecular weight excluding hydrogens is 1370 g/mol. The van der Waals surface area contributed by atoms with Crippen molar-refractivity contribution in [3.8, 4) is 0 Å². The molecule has 4 unspecified atom stereocenters. The summed E-state index contributed by atoms with van der Waals surface area (Å²) in [5.74, 6) is -17.1. The number of hydrogen-bond acceptors (Lipinski definition) is 21. The van der Waals surface area contributed by atoms with Crippen molar-refractivity contribution in [2.75, 3.05) is 105 Å². The molecule has 1 fully saturated rings. The minimum absolute atomic E-state index is 0. The van der Waals surface area contributed by atoms with Gasteiger partial charge in [-0.2, -0.15) is 0 Å². The van der Waals surface area contributed by atoms with Crippen LogP contribution in [0.2, 0.25) is 0 Å². The third kappa shape index (κ3) is 39.9. The third-order valence-electron chi connectivity index (χ3n) is 13.7. The van der Waals surface area contributed by atoms with Gasteiger partial charge in [0.25, 0.3) is 0 Å². The fourth-order valence-electron chi connectivity index (χ4n) is 9.44. The van der Waals surface area contributed by atoms with Crippen molar-refractivity contribution in [2.45, 2.75) is 139 Å². The molecule has 3 radical (unpaired) electrons. The van der Waals surface area contributed by atoms with Crippen LogP contribution in [0.1, 0.15) is 116 Å². The zero-order valence-corrected chi connectivity index (χ0v) is 53.3. The number of hydrogen-bond donors (Lipinski definition) is 12. The fourth-order valence-corrected chi connectivity index (χ4v) is 9.44. The monoisotopic (exact) mass is 1460 g/mol. The maximum atomic E-state index is 13.8. The number of rotatable bonds is 56. The van der Waals surface area contributed by atoms with Crippen molar-refractivity contribution in [3.63, 3.8) is 0 Å². The number of ketones is 1. The van der Waals surface area contributed by atoms with E-state index in [9.17, 15) is 102 Å². The molecule has 12 N–H and O–H groups in total. The quantitative estimate of drug-likeness (QED) is 0.0186. The van der Waals surface area contributed by atoms with Gasteiger partial charge in [0.1, 0.15) is 29.4 Å². The van der Waals surface area contributed by atoms with Gasteiger partial charge in [0.2, 0.25) is 29.5 Å². The zero-order chi connectivity index (χ0) is 67.1. The Hall–Kier alpha value is -6.38. The molecule has 38 heteroatoms. The molecule has 5 amide bonds. The van der Waals surface area contributed by atoms with E-state index in [-0.39, 0.29) is 197 Å². The predicted molar refractivity (Wildman–Crippen MR) is 298 cm³/mol. The van der Waals surface area contributed by atoms with Gasteiger partial charge in [0, 0.05) is 64.1 Å². The van der Waals surface area contributed by atoms with Crippen LogP contribution in [0.5, 0.6) is 0 Å². The number of ether oxygens (including phenoxy) is 3. The van der Waals surface area contributed by atoms with Crippen LogP contribution in [0.4, 0.5) is 4.39 Å². The van der Waals surface area contributed by atoms with Crippen LogP contribution in [0.3, 0.4) is 0 Å². The summed E-state index contributed by atoms with van der Waals surface area (Å²) >= 11 is 0. The Morgan fingerprint density at radius 2 is 0.837 bits per heavy atom. The number of carbonyl (C=O) groups is 15. The van der Waals surface area contributed by atoms with Gasteiger partial charge >= 0.3 is 103 Å². The number of nitrogens with zero attached hydrogens (tertiary/aromatic N) is 4. The van der Waals surface area contributed by atoms with E-state index >= 15 is 0 Å². The minimum atomic E-state index is -1.71. The zero-order valence-electron chi connectivity index (χ0n) is 50.3. The van der Waals surface area contributed by atoms with Crippen LogP contribution in [-0.4, -0.2) is 283 Å². The first kappa shape index (κ1) is 89.8. The van der Waals surface area contributed by atoms with Gasteiger partial charge in [0.15, 0.2) is 0 Å². The molecule has 1 rings (SSSR count). The summed E-state index contributed by atoms with van der Waals surface area (Å²) in [6.45, 7) is -8.52. The van der Waals surface area contributed by atoms with E-state index in [1.807, 2.05) is 0 Å². The average Bonchev–Trinajstić information content (AvgIpc) is 1.83. The van der Waals surface area contributed by atoms with E-state index in [0.29, 0.717) is 6.42 Å². The first-order valence-electron chi connectivity index (χ1n) is 28.7. The topological polar surface area (TPSA) is 515 Å². The second-order valence-electron chi connectivity index (χ2n) is 21.1. The number of halogens is 1. The number of likely N-dealkylation sites (tertiary alicyclic amines) is 1. The molecule has 4 atom stereocenters. The number of carboxylic acids is 9. The van der Waals surface area contributed by atoms with Gasteiger partial charge in [-0.05, 0) is 64.2 Å². The van der Waals surface area contributed by atoms with Crippen LogP contribution in [0.15, 0.2) is 0 Å².